The van der Waals surface area contributed by atoms with Gasteiger partial charge in [0, 0.05) is 77.7 Å². The second-order valence-electron chi connectivity index (χ2n) is 22.7. The summed E-state index contributed by atoms with van der Waals surface area (Å²) in [6.45, 7) is 0. The minimum atomic E-state index is -4.93. The van der Waals surface area contributed by atoms with Crippen molar-refractivity contribution in [2.24, 2.45) is 0 Å². The number of hydrogen-bond acceptors (Lipinski definition) is 4. The van der Waals surface area contributed by atoms with Crippen molar-refractivity contribution in [3.8, 4) is 113 Å². The van der Waals surface area contributed by atoms with E-state index < -0.39 is 23.4 Å². The minimum Gasteiger partial charge on any atom is -0.309 e. The van der Waals surface area contributed by atoms with Crippen LogP contribution in [0.5, 0.6) is 0 Å². The number of pyridine rings is 4. The van der Waals surface area contributed by atoms with Crippen molar-refractivity contribution in [2.45, 2.75) is 6.18 Å². The second kappa shape index (κ2) is 22.6. The zero-order valence-corrected chi connectivity index (χ0v) is 48.9. The smallest absolute Gasteiger partial charge is 0.309 e. The number of aromatic nitrogens is 6. The summed E-state index contributed by atoms with van der Waals surface area (Å²) in [6, 6.07) is 91.3. The van der Waals surface area contributed by atoms with Crippen molar-refractivity contribution in [1.82, 2.24) is 29.1 Å². The normalized spacial score (nSPS) is 11.8. The molecule has 0 spiro atoms. The summed E-state index contributed by atoms with van der Waals surface area (Å²) in [5.74, 6) is -1.81. The fraction of sp³-hybridized carbons (Fsp3) is 0.0123. The summed E-state index contributed by atoms with van der Waals surface area (Å²) in [7, 11) is 0. The highest BCUT2D eigenvalue weighted by Crippen LogP contribution is 2.48. The van der Waals surface area contributed by atoms with Gasteiger partial charge in [0.15, 0.2) is 0 Å². The summed E-state index contributed by atoms with van der Waals surface area (Å²) in [6.07, 6.45) is -4.93. The number of rotatable bonds is 11. The van der Waals surface area contributed by atoms with Crippen molar-refractivity contribution >= 4 is 43.6 Å². The average Bonchev–Trinajstić information content (AvgIpc) is 1.55. The Morgan fingerprint density at radius 1 is 0.239 bits per heavy atom. The first-order valence-electron chi connectivity index (χ1n) is 30.0. The van der Waals surface area contributed by atoms with Crippen molar-refractivity contribution in [3.05, 3.63) is 314 Å². The Morgan fingerprint density at radius 3 is 0.761 bits per heavy atom. The van der Waals surface area contributed by atoms with E-state index >= 15 is 22.0 Å². The molecule has 0 radical (unpaired) electrons. The van der Waals surface area contributed by atoms with Crippen LogP contribution in [-0.2, 0) is 6.18 Å². The molecule has 0 saturated carbocycles. The Morgan fingerprint density at radius 2 is 0.500 bits per heavy atom. The largest absolute Gasteiger partial charge is 0.416 e. The zero-order chi connectivity index (χ0) is 62.0. The number of hydrogen-bond donors (Lipinski definition) is 0. The number of halogens is 5. The first kappa shape index (κ1) is 55.4. The summed E-state index contributed by atoms with van der Waals surface area (Å²) in [4.78, 5) is 20.5. The van der Waals surface area contributed by atoms with E-state index in [0.717, 1.165) is 85.5 Å². The van der Waals surface area contributed by atoms with E-state index in [1.807, 2.05) is 267 Å². The molecule has 6 heterocycles. The molecule has 0 bridgehead atoms. The van der Waals surface area contributed by atoms with Gasteiger partial charge < -0.3 is 9.13 Å². The third kappa shape index (κ3) is 10.1. The van der Waals surface area contributed by atoms with Crippen LogP contribution in [0.15, 0.2) is 297 Å². The zero-order valence-electron chi connectivity index (χ0n) is 48.9. The molecule has 438 valence electrons. The van der Waals surface area contributed by atoms with Crippen LogP contribution in [-0.4, -0.2) is 29.1 Å². The lowest BCUT2D eigenvalue weighted by molar-refractivity contribution is -0.137. The number of benzene rings is 10. The average molecular weight is 1200 g/mol. The predicted octanol–water partition coefficient (Wildman–Crippen LogP) is 21.8. The van der Waals surface area contributed by atoms with Gasteiger partial charge in [0.1, 0.15) is 11.6 Å². The van der Waals surface area contributed by atoms with Gasteiger partial charge in [0.2, 0.25) is 0 Å². The van der Waals surface area contributed by atoms with Crippen molar-refractivity contribution in [2.75, 3.05) is 0 Å². The van der Waals surface area contributed by atoms with E-state index in [-0.39, 0.29) is 22.5 Å². The van der Waals surface area contributed by atoms with Gasteiger partial charge in [-0.1, -0.05) is 170 Å². The molecule has 16 aromatic rings. The SMILES string of the molecule is Fc1cc(F)cc(-c2c(-n3c4ccc(-c5cccc(-c6ccccc6)n5)cc4c4cc(-c5cccc(-c6ccccc6)n5)ccc43)cc(C(F)(F)F)cc2-n2c3ccc(-c4cccc(-c5ccccc5)n4)cc3c3cc(-c4cccc(-c5ccccc5)n4)ccc32)c1. The number of alkyl halides is 3. The molecule has 0 N–H and O–H groups in total. The van der Waals surface area contributed by atoms with Crippen LogP contribution in [0.4, 0.5) is 22.0 Å². The Bertz CT molecular complexity index is 4920. The van der Waals surface area contributed by atoms with Gasteiger partial charge in [0.05, 0.1) is 84.6 Å². The molecule has 0 aliphatic rings. The standard InChI is InChI=1S/C81H49F5N6/c82-60-41-58(42-61(83)49-60)80-78(91-74-37-33-54(70-29-13-25-66(87-70)50-17-5-1-6-18-50)43-62(74)63-44-55(34-38-75(63)91)71-30-14-26-67(88-71)51-19-7-2-8-20-51)47-59(81(84,85)86)48-79(80)92-76-39-35-56(72-31-15-27-68(89-72)52-21-9-3-10-22-52)45-64(76)65-46-57(36-40-77(65)92)73-32-16-28-69(90-73)53-23-11-4-12-24-53/h1-49H. The fourth-order valence-electron chi connectivity index (χ4n) is 12.8. The first-order valence-corrected chi connectivity index (χ1v) is 30.0. The lowest BCUT2D eigenvalue weighted by Crippen LogP contribution is -2.11. The maximum atomic E-state index is 16.4. The van der Waals surface area contributed by atoms with Crippen LogP contribution in [0.3, 0.4) is 0 Å². The maximum Gasteiger partial charge on any atom is 0.416 e. The molecule has 0 unspecified atom stereocenters. The maximum absolute atomic E-state index is 16.4. The highest BCUT2D eigenvalue weighted by atomic mass is 19.4. The van der Waals surface area contributed by atoms with E-state index in [1.54, 1.807) is 9.13 Å². The summed E-state index contributed by atoms with van der Waals surface area (Å²) >= 11 is 0. The van der Waals surface area contributed by atoms with Gasteiger partial charge in [-0.15, -0.1) is 0 Å². The fourth-order valence-corrected chi connectivity index (χ4v) is 12.8. The molecule has 0 saturated heterocycles. The number of nitrogens with zero attached hydrogens (tertiary/aromatic N) is 6. The lowest BCUT2D eigenvalue weighted by Gasteiger charge is -2.23. The quantitative estimate of drug-likeness (QED) is 0.121. The predicted molar refractivity (Wildman–Crippen MR) is 360 cm³/mol. The Kier molecular flexibility index (Phi) is 13.6. The molecule has 11 heteroatoms. The van der Waals surface area contributed by atoms with Crippen molar-refractivity contribution in [3.63, 3.8) is 0 Å². The molecule has 0 atom stereocenters. The van der Waals surface area contributed by atoms with Crippen LogP contribution in [0.2, 0.25) is 0 Å². The van der Waals surface area contributed by atoms with E-state index in [2.05, 4.69) is 0 Å². The summed E-state index contributed by atoms with van der Waals surface area (Å²) < 4.78 is 85.2. The summed E-state index contributed by atoms with van der Waals surface area (Å²) in [5.41, 5.74) is 13.9. The van der Waals surface area contributed by atoms with Crippen molar-refractivity contribution in [1.29, 1.82) is 0 Å². The van der Waals surface area contributed by atoms with Gasteiger partial charge in [-0.25, -0.2) is 28.7 Å². The first-order chi connectivity index (χ1) is 45.0. The Hall–Kier alpha value is -12.0. The molecule has 6 aromatic heterocycles. The minimum absolute atomic E-state index is 0.0143. The van der Waals surface area contributed by atoms with Gasteiger partial charge >= 0.3 is 6.18 Å². The molecule has 6 nitrogen and oxygen atoms in total. The monoisotopic (exact) mass is 1200 g/mol. The highest BCUT2D eigenvalue weighted by molar-refractivity contribution is 6.14. The lowest BCUT2D eigenvalue weighted by atomic mass is 9.97. The van der Waals surface area contributed by atoms with Gasteiger partial charge in [-0.05, 0) is 127 Å². The number of fused-ring (bicyclic) bond motifs is 6. The molecule has 10 aromatic carbocycles. The van der Waals surface area contributed by atoms with Crippen LogP contribution >= 0.6 is 0 Å². The van der Waals surface area contributed by atoms with Gasteiger partial charge in [0.25, 0.3) is 0 Å². The Labute approximate surface area is 525 Å². The van der Waals surface area contributed by atoms with Crippen LogP contribution in [0.1, 0.15) is 5.56 Å². The molecular weight excluding hydrogens is 1150 g/mol. The van der Waals surface area contributed by atoms with Gasteiger partial charge in [-0.3, -0.25) is 0 Å². The van der Waals surface area contributed by atoms with Crippen LogP contribution in [0, 0.1) is 11.6 Å². The second-order valence-corrected chi connectivity index (χ2v) is 22.7. The van der Waals surface area contributed by atoms with Crippen LogP contribution in [0.25, 0.3) is 156 Å². The highest BCUT2D eigenvalue weighted by Gasteiger charge is 2.35. The molecule has 0 fully saturated rings. The molecule has 0 amide bonds. The molecule has 16 rings (SSSR count). The van der Waals surface area contributed by atoms with E-state index in [4.69, 9.17) is 19.9 Å². The van der Waals surface area contributed by atoms with Gasteiger partial charge in [-0.2, -0.15) is 13.2 Å². The Balaban J connectivity index is 0.979. The topological polar surface area (TPSA) is 61.4 Å². The molecular formula is C81H49F5N6. The molecule has 0 aliphatic carbocycles. The van der Waals surface area contributed by atoms with E-state index in [0.29, 0.717) is 66.4 Å². The van der Waals surface area contributed by atoms with E-state index in [1.165, 1.54) is 12.1 Å². The van der Waals surface area contributed by atoms with Crippen molar-refractivity contribution < 1.29 is 22.0 Å². The summed E-state index contributed by atoms with van der Waals surface area (Å²) in [5, 5.41) is 2.75. The molecule has 92 heavy (non-hydrogen) atoms. The van der Waals surface area contributed by atoms with Crippen LogP contribution < -0.4 is 0 Å². The van der Waals surface area contributed by atoms with E-state index in [9.17, 15) is 0 Å². The third-order valence-electron chi connectivity index (χ3n) is 17.0. The third-order valence-corrected chi connectivity index (χ3v) is 17.0. The molecule has 0 aliphatic heterocycles.